The van der Waals surface area contributed by atoms with E-state index in [4.69, 9.17) is 11.6 Å². The molecule has 0 atom stereocenters. The number of hydrogen-bond donors (Lipinski definition) is 1. The van der Waals surface area contributed by atoms with Crippen LogP contribution in [-0.2, 0) is 0 Å². The van der Waals surface area contributed by atoms with E-state index in [0.29, 0.717) is 11.5 Å². The summed E-state index contributed by atoms with van der Waals surface area (Å²) in [6.45, 7) is 4.16. The van der Waals surface area contributed by atoms with Gasteiger partial charge in [0.25, 0.3) is 5.91 Å². The number of carbonyl (C=O) groups is 1. The molecule has 0 aliphatic rings. The first-order valence-corrected chi connectivity index (χ1v) is 6.72. The summed E-state index contributed by atoms with van der Waals surface area (Å²) < 4.78 is 13.7. The zero-order valence-corrected chi connectivity index (χ0v) is 12.0. The molecule has 4 heteroatoms. The molecule has 1 amide bonds. The van der Waals surface area contributed by atoms with Crippen LogP contribution in [0.4, 0.5) is 10.1 Å². The van der Waals surface area contributed by atoms with E-state index in [1.54, 1.807) is 18.2 Å². The van der Waals surface area contributed by atoms with Crippen LogP contribution in [0, 0.1) is 5.82 Å². The largest absolute Gasteiger partial charge is 0.319 e. The standard InChI is InChI=1S/C16H15ClFNO/c1-10(2)11-6-8-12(9-7-11)16(20)19-14-5-3-4-13(17)15(14)18/h3-10H,1-2H3,(H,19,20). The van der Waals surface area contributed by atoms with Crippen molar-refractivity contribution in [1.82, 2.24) is 0 Å². The number of amides is 1. The van der Waals surface area contributed by atoms with E-state index in [1.165, 1.54) is 12.1 Å². The monoisotopic (exact) mass is 291 g/mol. The van der Waals surface area contributed by atoms with E-state index in [2.05, 4.69) is 19.2 Å². The Hall–Kier alpha value is -1.87. The fourth-order valence-corrected chi connectivity index (χ4v) is 1.99. The van der Waals surface area contributed by atoms with Crippen molar-refractivity contribution in [2.45, 2.75) is 19.8 Å². The van der Waals surface area contributed by atoms with Crippen LogP contribution in [0.15, 0.2) is 42.5 Å². The molecule has 1 N–H and O–H groups in total. The molecule has 0 fully saturated rings. The van der Waals surface area contributed by atoms with Gasteiger partial charge in [0.1, 0.15) is 0 Å². The molecule has 0 unspecified atom stereocenters. The second kappa shape index (κ2) is 6.06. The van der Waals surface area contributed by atoms with Crippen molar-refractivity contribution >= 4 is 23.2 Å². The highest BCUT2D eigenvalue weighted by atomic mass is 35.5. The molecule has 20 heavy (non-hydrogen) atoms. The molecule has 0 saturated heterocycles. The Morgan fingerprint density at radius 3 is 2.40 bits per heavy atom. The summed E-state index contributed by atoms with van der Waals surface area (Å²) in [5.74, 6) is -0.583. The molecule has 0 saturated carbocycles. The van der Waals surface area contributed by atoms with Gasteiger partial charge in [-0.05, 0) is 35.7 Å². The van der Waals surface area contributed by atoms with Gasteiger partial charge in [0, 0.05) is 5.56 Å². The second-order valence-electron chi connectivity index (χ2n) is 4.83. The second-order valence-corrected chi connectivity index (χ2v) is 5.24. The summed E-state index contributed by atoms with van der Waals surface area (Å²) in [5.41, 5.74) is 1.71. The zero-order chi connectivity index (χ0) is 14.7. The third-order valence-electron chi connectivity index (χ3n) is 3.04. The van der Waals surface area contributed by atoms with Gasteiger partial charge < -0.3 is 5.32 Å². The average molecular weight is 292 g/mol. The first-order chi connectivity index (χ1) is 9.49. The van der Waals surface area contributed by atoms with Gasteiger partial charge in [0.15, 0.2) is 5.82 Å². The third-order valence-corrected chi connectivity index (χ3v) is 3.33. The lowest BCUT2D eigenvalue weighted by molar-refractivity contribution is 0.102. The fourth-order valence-electron chi connectivity index (χ4n) is 1.81. The van der Waals surface area contributed by atoms with E-state index in [-0.39, 0.29) is 16.6 Å². The Morgan fingerprint density at radius 2 is 1.80 bits per heavy atom. The van der Waals surface area contributed by atoms with Gasteiger partial charge in [-0.1, -0.05) is 43.6 Å². The molecular weight excluding hydrogens is 277 g/mol. The van der Waals surface area contributed by atoms with Crippen molar-refractivity contribution in [3.8, 4) is 0 Å². The van der Waals surface area contributed by atoms with Gasteiger partial charge in [-0.25, -0.2) is 4.39 Å². The minimum absolute atomic E-state index is 0.0158. The van der Waals surface area contributed by atoms with Crippen LogP contribution in [0.5, 0.6) is 0 Å². The van der Waals surface area contributed by atoms with E-state index in [0.717, 1.165) is 5.56 Å². The Kier molecular flexibility index (Phi) is 4.40. The SMILES string of the molecule is CC(C)c1ccc(C(=O)Nc2cccc(Cl)c2F)cc1. The van der Waals surface area contributed by atoms with E-state index < -0.39 is 5.82 Å². The molecule has 0 aliphatic heterocycles. The van der Waals surface area contributed by atoms with Crippen LogP contribution in [0.1, 0.15) is 35.7 Å². The topological polar surface area (TPSA) is 29.1 Å². The summed E-state index contributed by atoms with van der Waals surface area (Å²) >= 11 is 5.67. The van der Waals surface area contributed by atoms with Crippen molar-refractivity contribution in [3.05, 3.63) is 64.4 Å². The molecule has 0 heterocycles. The highest BCUT2D eigenvalue weighted by Crippen LogP contribution is 2.23. The van der Waals surface area contributed by atoms with Crippen molar-refractivity contribution in [1.29, 1.82) is 0 Å². The molecule has 104 valence electrons. The smallest absolute Gasteiger partial charge is 0.255 e. The first kappa shape index (κ1) is 14.5. The number of benzene rings is 2. The predicted octanol–water partition coefficient (Wildman–Crippen LogP) is 4.85. The molecule has 0 aromatic heterocycles. The highest BCUT2D eigenvalue weighted by Gasteiger charge is 2.11. The fraction of sp³-hybridized carbons (Fsp3) is 0.188. The average Bonchev–Trinajstić information content (AvgIpc) is 2.44. The number of anilines is 1. The molecule has 2 nitrogen and oxygen atoms in total. The number of halogens is 2. The van der Waals surface area contributed by atoms with Crippen LogP contribution in [0.3, 0.4) is 0 Å². The van der Waals surface area contributed by atoms with Gasteiger partial charge in [0.05, 0.1) is 10.7 Å². The van der Waals surface area contributed by atoms with Crippen molar-refractivity contribution in [2.75, 3.05) is 5.32 Å². The lowest BCUT2D eigenvalue weighted by atomic mass is 10.0. The van der Waals surface area contributed by atoms with E-state index in [9.17, 15) is 9.18 Å². The van der Waals surface area contributed by atoms with Crippen molar-refractivity contribution < 1.29 is 9.18 Å². The number of nitrogens with one attached hydrogen (secondary N) is 1. The van der Waals surface area contributed by atoms with Gasteiger partial charge in [-0.2, -0.15) is 0 Å². The van der Waals surface area contributed by atoms with E-state index in [1.807, 2.05) is 12.1 Å². The molecule has 2 aromatic rings. The van der Waals surface area contributed by atoms with Crippen LogP contribution >= 0.6 is 11.6 Å². The minimum atomic E-state index is -0.624. The molecular formula is C16H15ClFNO. The molecule has 0 radical (unpaired) electrons. The van der Waals surface area contributed by atoms with Crippen molar-refractivity contribution in [3.63, 3.8) is 0 Å². The number of carbonyl (C=O) groups excluding carboxylic acids is 1. The van der Waals surface area contributed by atoms with Crippen molar-refractivity contribution in [2.24, 2.45) is 0 Å². The van der Waals surface area contributed by atoms with Crippen LogP contribution in [0.25, 0.3) is 0 Å². The van der Waals surface area contributed by atoms with Gasteiger partial charge in [-0.15, -0.1) is 0 Å². The van der Waals surface area contributed by atoms with Crippen LogP contribution in [0.2, 0.25) is 5.02 Å². The van der Waals surface area contributed by atoms with Gasteiger partial charge in [0.2, 0.25) is 0 Å². The molecule has 0 bridgehead atoms. The molecule has 0 spiro atoms. The predicted molar refractivity (Wildman–Crippen MR) is 79.9 cm³/mol. The Morgan fingerprint density at radius 1 is 1.15 bits per heavy atom. The summed E-state index contributed by atoms with van der Waals surface area (Å²) in [4.78, 5) is 12.0. The summed E-state index contributed by atoms with van der Waals surface area (Å²) in [6, 6.07) is 11.7. The highest BCUT2D eigenvalue weighted by molar-refractivity contribution is 6.31. The molecule has 2 rings (SSSR count). The quantitative estimate of drug-likeness (QED) is 0.860. The first-order valence-electron chi connectivity index (χ1n) is 6.34. The minimum Gasteiger partial charge on any atom is -0.319 e. The zero-order valence-electron chi connectivity index (χ0n) is 11.3. The Balaban J connectivity index is 2.18. The molecule has 0 aliphatic carbocycles. The third kappa shape index (κ3) is 3.17. The maximum atomic E-state index is 13.7. The maximum Gasteiger partial charge on any atom is 0.255 e. The summed E-state index contributed by atoms with van der Waals surface area (Å²) in [7, 11) is 0. The summed E-state index contributed by atoms with van der Waals surface area (Å²) in [6.07, 6.45) is 0. The Labute approximate surface area is 122 Å². The number of hydrogen-bond acceptors (Lipinski definition) is 1. The van der Waals surface area contributed by atoms with Gasteiger partial charge in [-0.3, -0.25) is 4.79 Å². The molecule has 2 aromatic carbocycles. The number of rotatable bonds is 3. The Bertz CT molecular complexity index is 623. The van der Waals surface area contributed by atoms with E-state index >= 15 is 0 Å². The normalized spacial score (nSPS) is 10.7. The lowest BCUT2D eigenvalue weighted by Crippen LogP contribution is -2.13. The lowest BCUT2D eigenvalue weighted by Gasteiger charge is -2.09. The van der Waals surface area contributed by atoms with Gasteiger partial charge >= 0.3 is 0 Å². The maximum absolute atomic E-state index is 13.7. The van der Waals surface area contributed by atoms with Crippen LogP contribution in [-0.4, -0.2) is 5.91 Å². The summed E-state index contributed by atoms with van der Waals surface area (Å²) in [5, 5.41) is 2.50. The van der Waals surface area contributed by atoms with Crippen LogP contribution < -0.4 is 5.32 Å².